The number of hydrogen-bond acceptors (Lipinski definition) is 6. The fourth-order valence-electron chi connectivity index (χ4n) is 2.32. The van der Waals surface area contributed by atoms with E-state index >= 15 is 0 Å². The Morgan fingerprint density at radius 3 is 2.60 bits per heavy atom. The maximum Gasteiger partial charge on any atom is 0.356 e. The number of hydrogen-bond donors (Lipinski definition) is 0. The first-order valence-electron chi connectivity index (χ1n) is 7.39. The van der Waals surface area contributed by atoms with Crippen LogP contribution in [0.2, 0.25) is 0 Å². The quantitative estimate of drug-likeness (QED) is 0.655. The van der Waals surface area contributed by atoms with E-state index in [0.717, 1.165) is 5.56 Å². The number of carbonyl (C=O) groups excluding carboxylic acids is 1. The highest BCUT2D eigenvalue weighted by Crippen LogP contribution is 2.22. The molecule has 1 aromatic carbocycles. The Hall–Kier alpha value is -3.23. The molecule has 0 fully saturated rings. The molecular weight excluding hydrogens is 329 g/mol. The second kappa shape index (κ2) is 6.71. The Balaban J connectivity index is 1.81. The molecule has 0 saturated heterocycles. The summed E-state index contributed by atoms with van der Waals surface area (Å²) in [5.74, 6) is -0.553. The number of halogens is 1. The van der Waals surface area contributed by atoms with Crippen molar-refractivity contribution in [2.45, 2.75) is 6.61 Å². The van der Waals surface area contributed by atoms with Crippen LogP contribution < -0.4 is 4.74 Å². The predicted octanol–water partition coefficient (Wildman–Crippen LogP) is 1.72. The number of aryl methyl sites for hydroxylation is 2. The second-order valence-corrected chi connectivity index (χ2v) is 5.29. The lowest BCUT2D eigenvalue weighted by Gasteiger charge is -2.05. The molecule has 0 aliphatic rings. The number of nitrogens with zero attached hydrogens (tertiary/aromatic N) is 5. The molecule has 3 aromatic rings. The molecule has 9 heteroatoms. The molecule has 8 nitrogen and oxygen atoms in total. The molecule has 0 spiro atoms. The van der Waals surface area contributed by atoms with Crippen LogP contribution in [0.25, 0.3) is 11.3 Å². The standard InChI is InChI=1S/C16H16FN5O3/c1-21-12(16(23)24-3)8-14(19-21)25-9-13-15(18-20-22(13)2)10-4-6-11(17)7-5-10/h4-8H,9H2,1-3H3. The first-order chi connectivity index (χ1) is 12.0. The van der Waals surface area contributed by atoms with Gasteiger partial charge in [-0.3, -0.25) is 4.68 Å². The van der Waals surface area contributed by atoms with Crippen molar-refractivity contribution in [3.63, 3.8) is 0 Å². The van der Waals surface area contributed by atoms with Gasteiger partial charge in [-0.05, 0) is 24.3 Å². The highest BCUT2D eigenvalue weighted by atomic mass is 19.1. The van der Waals surface area contributed by atoms with Crippen LogP contribution in [0.1, 0.15) is 16.2 Å². The van der Waals surface area contributed by atoms with Gasteiger partial charge in [-0.2, -0.15) is 0 Å². The molecule has 0 atom stereocenters. The Kier molecular flexibility index (Phi) is 4.46. The SMILES string of the molecule is COC(=O)c1cc(OCc2c(-c3ccc(F)cc3)nnn2C)nn1C. The number of esters is 1. The summed E-state index contributed by atoms with van der Waals surface area (Å²) in [5.41, 5.74) is 2.28. The minimum atomic E-state index is -0.501. The van der Waals surface area contributed by atoms with Gasteiger partial charge in [0.25, 0.3) is 0 Å². The van der Waals surface area contributed by atoms with Gasteiger partial charge in [-0.15, -0.1) is 10.2 Å². The molecule has 0 aliphatic heterocycles. The second-order valence-electron chi connectivity index (χ2n) is 5.29. The van der Waals surface area contributed by atoms with Crippen molar-refractivity contribution in [2.75, 3.05) is 7.11 Å². The molecule has 0 saturated carbocycles. The third kappa shape index (κ3) is 3.35. The van der Waals surface area contributed by atoms with E-state index in [-0.39, 0.29) is 24.0 Å². The molecule has 130 valence electrons. The van der Waals surface area contributed by atoms with Gasteiger partial charge in [-0.25, -0.2) is 13.9 Å². The first-order valence-corrected chi connectivity index (χ1v) is 7.39. The van der Waals surface area contributed by atoms with Crippen LogP contribution in [0.3, 0.4) is 0 Å². The lowest BCUT2D eigenvalue weighted by Crippen LogP contribution is -2.08. The van der Waals surface area contributed by atoms with E-state index in [0.29, 0.717) is 11.4 Å². The van der Waals surface area contributed by atoms with E-state index in [9.17, 15) is 9.18 Å². The third-order valence-corrected chi connectivity index (χ3v) is 3.67. The number of rotatable bonds is 5. The predicted molar refractivity (Wildman–Crippen MR) is 85.3 cm³/mol. The lowest BCUT2D eigenvalue weighted by molar-refractivity contribution is 0.0588. The normalized spacial score (nSPS) is 10.7. The van der Waals surface area contributed by atoms with E-state index in [1.54, 1.807) is 30.9 Å². The Morgan fingerprint density at radius 2 is 1.92 bits per heavy atom. The Morgan fingerprint density at radius 1 is 1.20 bits per heavy atom. The van der Waals surface area contributed by atoms with Crippen LogP contribution in [-0.4, -0.2) is 37.9 Å². The summed E-state index contributed by atoms with van der Waals surface area (Å²) in [6.07, 6.45) is 0. The zero-order valence-corrected chi connectivity index (χ0v) is 13.9. The number of carbonyl (C=O) groups is 1. The van der Waals surface area contributed by atoms with E-state index < -0.39 is 5.97 Å². The van der Waals surface area contributed by atoms with E-state index in [1.165, 1.54) is 30.0 Å². The van der Waals surface area contributed by atoms with Crippen LogP contribution in [0.4, 0.5) is 4.39 Å². The maximum absolute atomic E-state index is 13.1. The van der Waals surface area contributed by atoms with Crippen LogP contribution in [0.15, 0.2) is 30.3 Å². The minimum Gasteiger partial charge on any atom is -0.470 e. The van der Waals surface area contributed by atoms with Gasteiger partial charge in [0.2, 0.25) is 5.88 Å². The van der Waals surface area contributed by atoms with E-state index in [2.05, 4.69) is 20.1 Å². The summed E-state index contributed by atoms with van der Waals surface area (Å²) in [6, 6.07) is 7.46. The van der Waals surface area contributed by atoms with Gasteiger partial charge < -0.3 is 9.47 Å². The fraction of sp³-hybridized carbons (Fsp3) is 0.250. The number of methoxy groups -OCH3 is 1. The molecule has 0 N–H and O–H groups in total. The van der Waals surface area contributed by atoms with Crippen molar-refractivity contribution in [1.82, 2.24) is 24.8 Å². The number of benzene rings is 1. The van der Waals surface area contributed by atoms with Crippen molar-refractivity contribution in [1.29, 1.82) is 0 Å². The summed E-state index contributed by atoms with van der Waals surface area (Å²) in [5, 5.41) is 12.2. The zero-order chi connectivity index (χ0) is 18.0. The minimum absolute atomic E-state index is 0.133. The van der Waals surface area contributed by atoms with Gasteiger partial charge in [0.15, 0.2) is 0 Å². The van der Waals surface area contributed by atoms with Crippen molar-refractivity contribution < 1.29 is 18.7 Å². The van der Waals surface area contributed by atoms with Crippen molar-refractivity contribution >= 4 is 5.97 Å². The maximum atomic E-state index is 13.1. The molecule has 0 unspecified atom stereocenters. The molecule has 0 amide bonds. The topological polar surface area (TPSA) is 84.1 Å². The lowest BCUT2D eigenvalue weighted by atomic mass is 10.1. The first kappa shape index (κ1) is 16.6. The van der Waals surface area contributed by atoms with Gasteiger partial charge >= 0.3 is 5.97 Å². The average molecular weight is 345 g/mol. The molecule has 0 bridgehead atoms. The molecule has 2 aromatic heterocycles. The van der Waals surface area contributed by atoms with E-state index in [4.69, 9.17) is 4.74 Å². The summed E-state index contributed by atoms with van der Waals surface area (Å²) in [6.45, 7) is 0.133. The van der Waals surface area contributed by atoms with Gasteiger partial charge in [0.05, 0.1) is 7.11 Å². The van der Waals surface area contributed by atoms with Crippen molar-refractivity contribution in [3.05, 3.63) is 47.5 Å². The average Bonchev–Trinajstić information content (AvgIpc) is 3.16. The molecule has 3 rings (SSSR count). The monoisotopic (exact) mass is 345 g/mol. The molecular formula is C16H16FN5O3. The Bertz CT molecular complexity index is 901. The summed E-state index contributed by atoms with van der Waals surface area (Å²) in [7, 11) is 4.65. The summed E-state index contributed by atoms with van der Waals surface area (Å²) >= 11 is 0. The van der Waals surface area contributed by atoms with Crippen molar-refractivity contribution in [3.8, 4) is 17.1 Å². The molecule has 25 heavy (non-hydrogen) atoms. The van der Waals surface area contributed by atoms with Crippen molar-refractivity contribution in [2.24, 2.45) is 14.1 Å². The molecule has 0 aliphatic carbocycles. The molecule has 0 radical (unpaired) electrons. The van der Waals surface area contributed by atoms with Gasteiger partial charge in [0.1, 0.15) is 29.5 Å². The highest BCUT2D eigenvalue weighted by molar-refractivity contribution is 5.87. The summed E-state index contributed by atoms with van der Waals surface area (Å²) < 4.78 is 26.4. The summed E-state index contributed by atoms with van der Waals surface area (Å²) in [4.78, 5) is 11.6. The number of aromatic nitrogens is 5. The van der Waals surface area contributed by atoms with E-state index in [1.807, 2.05) is 0 Å². The van der Waals surface area contributed by atoms with Crippen LogP contribution in [0.5, 0.6) is 5.88 Å². The number of ether oxygens (including phenoxy) is 2. The zero-order valence-electron chi connectivity index (χ0n) is 13.9. The Labute approximate surface area is 142 Å². The van der Waals surface area contributed by atoms with Crippen LogP contribution in [-0.2, 0) is 25.4 Å². The largest absolute Gasteiger partial charge is 0.470 e. The highest BCUT2D eigenvalue weighted by Gasteiger charge is 2.17. The molecule has 2 heterocycles. The third-order valence-electron chi connectivity index (χ3n) is 3.67. The fourth-order valence-corrected chi connectivity index (χ4v) is 2.32. The van der Waals surface area contributed by atoms with Gasteiger partial charge in [0, 0.05) is 25.7 Å². The van der Waals surface area contributed by atoms with Gasteiger partial charge in [-0.1, -0.05) is 5.21 Å². The van der Waals surface area contributed by atoms with Crippen LogP contribution in [0, 0.1) is 5.82 Å². The van der Waals surface area contributed by atoms with Crippen LogP contribution >= 0.6 is 0 Å². The smallest absolute Gasteiger partial charge is 0.356 e.